The van der Waals surface area contributed by atoms with Gasteiger partial charge in [-0.25, -0.2) is 0 Å². The fraction of sp³-hybridized carbons (Fsp3) is 0.786. The van der Waals surface area contributed by atoms with Gasteiger partial charge in [0.2, 0.25) is 17.8 Å². The van der Waals surface area contributed by atoms with Crippen LogP contribution in [0.5, 0.6) is 0 Å². The zero-order valence-corrected chi connectivity index (χ0v) is 13.1. The normalized spacial score (nSPS) is 14.8. The summed E-state index contributed by atoms with van der Waals surface area (Å²) in [5.74, 6) is 2.95. The zero-order chi connectivity index (χ0) is 14.5. The molecule has 0 atom stereocenters. The minimum atomic E-state index is 0.636. The molecule has 0 spiro atoms. The molecule has 6 nitrogen and oxygen atoms in total. The first-order chi connectivity index (χ1) is 9.67. The van der Waals surface area contributed by atoms with E-state index in [-0.39, 0.29) is 0 Å². The summed E-state index contributed by atoms with van der Waals surface area (Å²) in [6, 6.07) is 0. The molecule has 1 aliphatic rings. The van der Waals surface area contributed by atoms with Crippen LogP contribution >= 0.6 is 0 Å². The molecule has 6 heteroatoms. The molecule has 0 unspecified atom stereocenters. The van der Waals surface area contributed by atoms with Gasteiger partial charge in [-0.05, 0) is 32.6 Å². The van der Waals surface area contributed by atoms with Crippen LogP contribution in [0.2, 0.25) is 0 Å². The third kappa shape index (κ3) is 3.29. The van der Waals surface area contributed by atoms with Crippen LogP contribution in [0.3, 0.4) is 0 Å². The third-order valence-corrected chi connectivity index (χ3v) is 3.98. The first kappa shape index (κ1) is 14.8. The second kappa shape index (κ2) is 6.72. The van der Waals surface area contributed by atoms with Crippen LogP contribution in [0.15, 0.2) is 0 Å². The van der Waals surface area contributed by atoms with E-state index in [1.165, 1.54) is 19.3 Å². The summed E-state index contributed by atoms with van der Waals surface area (Å²) >= 11 is 0. The molecule has 1 saturated carbocycles. The SMILES string of the molecule is CCN(CC)c1nc(NC)nc(N(C)CC2CCC2)n1. The molecule has 1 aromatic rings. The van der Waals surface area contributed by atoms with Crippen LogP contribution in [-0.2, 0) is 0 Å². The summed E-state index contributed by atoms with van der Waals surface area (Å²) in [6.07, 6.45) is 4.02. The van der Waals surface area contributed by atoms with Crippen LogP contribution in [0.1, 0.15) is 33.1 Å². The van der Waals surface area contributed by atoms with Gasteiger partial charge in [0.25, 0.3) is 0 Å². The number of aromatic nitrogens is 3. The Bertz CT molecular complexity index is 428. The molecule has 1 aliphatic carbocycles. The Morgan fingerprint density at radius 1 is 1.10 bits per heavy atom. The Balaban J connectivity index is 2.19. The molecule has 0 aliphatic heterocycles. The second-order valence-electron chi connectivity index (χ2n) is 5.36. The fourth-order valence-corrected chi connectivity index (χ4v) is 2.43. The van der Waals surface area contributed by atoms with E-state index in [9.17, 15) is 0 Å². The number of nitrogens with one attached hydrogen (secondary N) is 1. The van der Waals surface area contributed by atoms with E-state index in [0.29, 0.717) is 5.95 Å². The van der Waals surface area contributed by atoms with E-state index in [2.05, 4.69) is 51.0 Å². The minimum Gasteiger partial charge on any atom is -0.357 e. The lowest BCUT2D eigenvalue weighted by atomic mass is 9.85. The van der Waals surface area contributed by atoms with Gasteiger partial charge in [0, 0.05) is 33.7 Å². The molecule has 0 bridgehead atoms. The maximum atomic E-state index is 4.62. The van der Waals surface area contributed by atoms with Crippen molar-refractivity contribution in [3.8, 4) is 0 Å². The Kier molecular flexibility index (Phi) is 4.98. The first-order valence-corrected chi connectivity index (χ1v) is 7.57. The Morgan fingerprint density at radius 3 is 2.25 bits per heavy atom. The Morgan fingerprint density at radius 2 is 1.75 bits per heavy atom. The quantitative estimate of drug-likeness (QED) is 0.823. The van der Waals surface area contributed by atoms with Crippen molar-refractivity contribution in [2.45, 2.75) is 33.1 Å². The van der Waals surface area contributed by atoms with E-state index < -0.39 is 0 Å². The van der Waals surface area contributed by atoms with E-state index in [1.807, 2.05) is 7.05 Å². The highest BCUT2D eigenvalue weighted by atomic mass is 15.4. The van der Waals surface area contributed by atoms with Crippen molar-refractivity contribution < 1.29 is 0 Å². The van der Waals surface area contributed by atoms with Crippen molar-refractivity contribution in [2.24, 2.45) is 5.92 Å². The second-order valence-corrected chi connectivity index (χ2v) is 5.36. The van der Waals surface area contributed by atoms with Crippen LogP contribution in [-0.4, -0.2) is 48.7 Å². The van der Waals surface area contributed by atoms with Crippen LogP contribution in [0.25, 0.3) is 0 Å². The van der Waals surface area contributed by atoms with Crippen molar-refractivity contribution in [1.29, 1.82) is 0 Å². The lowest BCUT2D eigenvalue weighted by Crippen LogP contribution is -2.32. The van der Waals surface area contributed by atoms with Crippen molar-refractivity contribution in [1.82, 2.24) is 15.0 Å². The molecule has 1 heterocycles. The van der Waals surface area contributed by atoms with Gasteiger partial charge in [-0.1, -0.05) is 6.42 Å². The Hall–Kier alpha value is -1.59. The number of nitrogens with zero attached hydrogens (tertiary/aromatic N) is 5. The molecular formula is C14H26N6. The lowest BCUT2D eigenvalue weighted by Gasteiger charge is -2.30. The smallest absolute Gasteiger partial charge is 0.231 e. The maximum Gasteiger partial charge on any atom is 0.231 e. The molecule has 20 heavy (non-hydrogen) atoms. The van der Waals surface area contributed by atoms with Crippen LogP contribution in [0, 0.1) is 5.92 Å². The van der Waals surface area contributed by atoms with Crippen molar-refractivity contribution in [3.63, 3.8) is 0 Å². The lowest BCUT2D eigenvalue weighted by molar-refractivity contribution is 0.320. The van der Waals surface area contributed by atoms with Crippen molar-refractivity contribution in [2.75, 3.05) is 48.8 Å². The van der Waals surface area contributed by atoms with E-state index in [4.69, 9.17) is 0 Å². The molecule has 0 amide bonds. The average Bonchev–Trinajstić information content (AvgIpc) is 2.43. The van der Waals surface area contributed by atoms with E-state index in [1.54, 1.807) is 0 Å². The van der Waals surface area contributed by atoms with E-state index >= 15 is 0 Å². The van der Waals surface area contributed by atoms with Gasteiger partial charge in [0.05, 0.1) is 0 Å². The predicted molar refractivity (Wildman–Crippen MR) is 83.5 cm³/mol. The molecule has 1 fully saturated rings. The molecule has 0 saturated heterocycles. The summed E-state index contributed by atoms with van der Waals surface area (Å²) in [5.41, 5.74) is 0. The largest absolute Gasteiger partial charge is 0.357 e. The van der Waals surface area contributed by atoms with Gasteiger partial charge in [-0.15, -0.1) is 0 Å². The van der Waals surface area contributed by atoms with Gasteiger partial charge in [-0.2, -0.15) is 15.0 Å². The molecule has 2 rings (SSSR count). The topological polar surface area (TPSA) is 57.2 Å². The van der Waals surface area contributed by atoms with Gasteiger partial charge in [0.1, 0.15) is 0 Å². The molecule has 112 valence electrons. The molecular weight excluding hydrogens is 252 g/mol. The predicted octanol–water partition coefficient (Wildman–Crippen LogP) is 2.00. The van der Waals surface area contributed by atoms with Crippen molar-refractivity contribution in [3.05, 3.63) is 0 Å². The fourth-order valence-electron chi connectivity index (χ4n) is 2.43. The standard InChI is InChI=1S/C14H26N6/c1-5-20(6-2)14-17-12(15-3)16-13(18-14)19(4)10-11-8-7-9-11/h11H,5-10H2,1-4H3,(H,15,16,17,18). The summed E-state index contributed by atoms with van der Waals surface area (Å²) in [5, 5.41) is 3.03. The Labute approximate surface area is 121 Å². The van der Waals surface area contributed by atoms with Gasteiger partial charge in [-0.3, -0.25) is 0 Å². The molecule has 1 aromatic heterocycles. The summed E-state index contributed by atoms with van der Waals surface area (Å²) in [6.45, 7) is 7.06. The molecule has 0 radical (unpaired) electrons. The zero-order valence-electron chi connectivity index (χ0n) is 13.1. The monoisotopic (exact) mass is 278 g/mol. The first-order valence-electron chi connectivity index (χ1n) is 7.57. The highest BCUT2D eigenvalue weighted by Crippen LogP contribution is 2.28. The average molecular weight is 278 g/mol. The highest BCUT2D eigenvalue weighted by Gasteiger charge is 2.21. The number of hydrogen-bond acceptors (Lipinski definition) is 6. The molecule has 1 N–H and O–H groups in total. The number of rotatable bonds is 7. The third-order valence-electron chi connectivity index (χ3n) is 3.98. The number of anilines is 3. The van der Waals surface area contributed by atoms with Crippen LogP contribution < -0.4 is 15.1 Å². The summed E-state index contributed by atoms with van der Waals surface area (Å²) in [4.78, 5) is 17.9. The number of hydrogen-bond donors (Lipinski definition) is 1. The summed E-state index contributed by atoms with van der Waals surface area (Å²) < 4.78 is 0. The highest BCUT2D eigenvalue weighted by molar-refractivity contribution is 5.44. The maximum absolute atomic E-state index is 4.62. The minimum absolute atomic E-state index is 0.636. The van der Waals surface area contributed by atoms with Gasteiger partial charge < -0.3 is 15.1 Å². The van der Waals surface area contributed by atoms with Crippen LogP contribution in [0.4, 0.5) is 17.8 Å². The molecule has 0 aromatic carbocycles. The van der Waals surface area contributed by atoms with Gasteiger partial charge >= 0.3 is 0 Å². The summed E-state index contributed by atoms with van der Waals surface area (Å²) in [7, 11) is 3.91. The van der Waals surface area contributed by atoms with Gasteiger partial charge in [0.15, 0.2) is 0 Å². The van der Waals surface area contributed by atoms with E-state index in [0.717, 1.165) is 37.4 Å². The van der Waals surface area contributed by atoms with Crippen molar-refractivity contribution >= 4 is 17.8 Å².